The van der Waals surface area contributed by atoms with E-state index in [1.165, 1.54) is 5.48 Å². The average Bonchev–Trinajstić information content (AvgIpc) is 2.83. The molecule has 0 aromatic carbocycles. The van der Waals surface area contributed by atoms with Gasteiger partial charge in [-0.1, -0.05) is 19.8 Å². The molecule has 1 aliphatic rings. The lowest BCUT2D eigenvalue weighted by molar-refractivity contribution is -0.151. The first-order valence-electron chi connectivity index (χ1n) is 6.95. The highest BCUT2D eigenvalue weighted by Crippen LogP contribution is 2.23. The third-order valence-corrected chi connectivity index (χ3v) is 3.78. The third kappa shape index (κ3) is 3.91. The van der Waals surface area contributed by atoms with Gasteiger partial charge >= 0.3 is 0 Å². The summed E-state index contributed by atoms with van der Waals surface area (Å²) in [6.45, 7) is 4.63. The van der Waals surface area contributed by atoms with Crippen LogP contribution in [0.2, 0.25) is 0 Å². The monoisotopic (exact) mass is 272 g/mol. The van der Waals surface area contributed by atoms with Gasteiger partial charge in [0.1, 0.15) is 6.10 Å². The molecule has 1 saturated heterocycles. The topological polar surface area (TPSA) is 89.9 Å². The summed E-state index contributed by atoms with van der Waals surface area (Å²) in [7, 11) is 0. The molecule has 3 N–H and O–H groups in total. The van der Waals surface area contributed by atoms with Crippen LogP contribution in [0.15, 0.2) is 0 Å². The van der Waals surface area contributed by atoms with Crippen LogP contribution < -0.4 is 5.48 Å². The molecule has 1 aliphatic heterocycles. The average molecular weight is 272 g/mol. The lowest BCUT2D eigenvalue weighted by atomic mass is 9.93. The molecule has 1 rings (SSSR count). The number of aliphatic hydroxyl groups is 1. The second kappa shape index (κ2) is 7.45. The van der Waals surface area contributed by atoms with Crippen molar-refractivity contribution in [2.45, 2.75) is 58.1 Å². The van der Waals surface area contributed by atoms with Gasteiger partial charge in [0.15, 0.2) is 0 Å². The highest BCUT2D eigenvalue weighted by atomic mass is 16.5. The van der Waals surface area contributed by atoms with Crippen molar-refractivity contribution in [3.05, 3.63) is 0 Å². The quantitative estimate of drug-likeness (QED) is 0.489. The highest BCUT2D eigenvalue weighted by Gasteiger charge is 2.37. The number of carbonyl (C=O) groups is 2. The van der Waals surface area contributed by atoms with Gasteiger partial charge in [0.25, 0.3) is 5.91 Å². The van der Waals surface area contributed by atoms with E-state index in [1.807, 2.05) is 13.8 Å². The number of rotatable bonds is 6. The Morgan fingerprint density at radius 3 is 2.63 bits per heavy atom. The number of hydroxylamine groups is 1. The number of unbranched alkanes of at least 4 members (excludes halogenated alkanes) is 1. The van der Waals surface area contributed by atoms with E-state index in [0.717, 1.165) is 25.7 Å². The fourth-order valence-corrected chi connectivity index (χ4v) is 2.56. The summed E-state index contributed by atoms with van der Waals surface area (Å²) >= 11 is 0. The van der Waals surface area contributed by atoms with Crippen LogP contribution in [0.5, 0.6) is 0 Å². The number of nitrogens with one attached hydrogen (secondary N) is 1. The van der Waals surface area contributed by atoms with Gasteiger partial charge in [-0.3, -0.25) is 14.8 Å². The summed E-state index contributed by atoms with van der Waals surface area (Å²) in [5, 5.41) is 18.5. The summed E-state index contributed by atoms with van der Waals surface area (Å²) < 4.78 is 0. The molecule has 0 aromatic rings. The van der Waals surface area contributed by atoms with Gasteiger partial charge in [-0.15, -0.1) is 0 Å². The zero-order valence-corrected chi connectivity index (χ0v) is 11.6. The molecule has 19 heavy (non-hydrogen) atoms. The van der Waals surface area contributed by atoms with Crippen LogP contribution in [-0.2, 0) is 9.59 Å². The number of nitrogens with zero attached hydrogens (tertiary/aromatic N) is 1. The normalized spacial score (nSPS) is 22.1. The number of likely N-dealkylation sites (tertiary alicyclic amines) is 1. The summed E-state index contributed by atoms with van der Waals surface area (Å²) in [6.07, 6.45) is 2.51. The van der Waals surface area contributed by atoms with Crippen molar-refractivity contribution in [3.63, 3.8) is 0 Å². The smallest absolute Gasteiger partial charge is 0.272 e. The number of hydrogen-bond acceptors (Lipinski definition) is 4. The molecule has 6 heteroatoms. The fourth-order valence-electron chi connectivity index (χ4n) is 2.56. The van der Waals surface area contributed by atoms with Gasteiger partial charge in [0.2, 0.25) is 5.91 Å². The summed E-state index contributed by atoms with van der Waals surface area (Å²) in [6, 6.07) is 0.154. The van der Waals surface area contributed by atoms with Gasteiger partial charge < -0.3 is 10.0 Å². The molecule has 6 nitrogen and oxygen atoms in total. The third-order valence-electron chi connectivity index (χ3n) is 3.78. The Bertz CT molecular complexity index is 322. The second-order valence-electron chi connectivity index (χ2n) is 5.19. The van der Waals surface area contributed by atoms with E-state index in [4.69, 9.17) is 5.21 Å². The minimum atomic E-state index is -1.49. The summed E-state index contributed by atoms with van der Waals surface area (Å²) in [5.74, 6) is -1.87. The van der Waals surface area contributed by atoms with Crippen molar-refractivity contribution in [3.8, 4) is 0 Å². The molecule has 0 unspecified atom stereocenters. The molecule has 0 spiro atoms. The number of carbonyl (C=O) groups excluding carboxylic acids is 2. The molecule has 110 valence electrons. The molecule has 0 aliphatic carbocycles. The van der Waals surface area contributed by atoms with E-state index in [0.29, 0.717) is 13.0 Å². The Kier molecular flexibility index (Phi) is 6.24. The maximum absolute atomic E-state index is 12.4. The zero-order valence-electron chi connectivity index (χ0n) is 11.6. The molecule has 1 fully saturated rings. The summed E-state index contributed by atoms with van der Waals surface area (Å²) in [5.41, 5.74) is 1.42. The van der Waals surface area contributed by atoms with E-state index < -0.39 is 17.9 Å². The molecule has 0 radical (unpaired) electrons. The van der Waals surface area contributed by atoms with Gasteiger partial charge in [-0.25, -0.2) is 5.48 Å². The Morgan fingerprint density at radius 2 is 2.16 bits per heavy atom. The Hall–Kier alpha value is -1.14. The largest absolute Gasteiger partial charge is 0.382 e. The van der Waals surface area contributed by atoms with E-state index >= 15 is 0 Å². The van der Waals surface area contributed by atoms with Crippen molar-refractivity contribution >= 4 is 11.8 Å². The van der Waals surface area contributed by atoms with Crippen molar-refractivity contribution in [2.75, 3.05) is 6.54 Å². The Balaban J connectivity index is 2.77. The zero-order chi connectivity index (χ0) is 14.4. The van der Waals surface area contributed by atoms with Crippen LogP contribution in [-0.4, -0.2) is 45.7 Å². The first kappa shape index (κ1) is 15.9. The van der Waals surface area contributed by atoms with Gasteiger partial charge in [0, 0.05) is 12.6 Å². The highest BCUT2D eigenvalue weighted by molar-refractivity contribution is 5.88. The van der Waals surface area contributed by atoms with Crippen LogP contribution in [0.4, 0.5) is 0 Å². The first-order chi connectivity index (χ1) is 9.02. The van der Waals surface area contributed by atoms with Crippen LogP contribution in [0, 0.1) is 5.92 Å². The lowest BCUT2D eigenvalue weighted by Gasteiger charge is -2.28. The second-order valence-corrected chi connectivity index (χ2v) is 5.19. The predicted octanol–water partition coefficient (Wildman–Crippen LogP) is 0.670. The van der Waals surface area contributed by atoms with Crippen LogP contribution >= 0.6 is 0 Å². The number of amides is 2. The van der Waals surface area contributed by atoms with Gasteiger partial charge in [-0.2, -0.15) is 0 Å². The maximum Gasteiger partial charge on any atom is 0.272 e. The van der Waals surface area contributed by atoms with Gasteiger partial charge in [-0.05, 0) is 26.2 Å². The molecular weight excluding hydrogens is 248 g/mol. The fraction of sp³-hybridized carbons (Fsp3) is 0.846. The predicted molar refractivity (Wildman–Crippen MR) is 69.4 cm³/mol. The minimum absolute atomic E-state index is 0.154. The molecule has 0 aromatic heterocycles. The van der Waals surface area contributed by atoms with E-state index in [-0.39, 0.29) is 11.9 Å². The van der Waals surface area contributed by atoms with Crippen LogP contribution in [0.25, 0.3) is 0 Å². The molecule has 1 heterocycles. The maximum atomic E-state index is 12.4. The lowest BCUT2D eigenvalue weighted by Crippen LogP contribution is -2.47. The molecule has 3 atom stereocenters. The first-order valence-corrected chi connectivity index (χ1v) is 6.95. The van der Waals surface area contributed by atoms with E-state index in [9.17, 15) is 14.7 Å². The van der Waals surface area contributed by atoms with Crippen LogP contribution in [0.1, 0.15) is 46.0 Å². The van der Waals surface area contributed by atoms with Crippen LogP contribution in [0.3, 0.4) is 0 Å². The summed E-state index contributed by atoms with van der Waals surface area (Å²) in [4.78, 5) is 25.5. The molecule has 0 bridgehead atoms. The van der Waals surface area contributed by atoms with E-state index in [1.54, 1.807) is 4.90 Å². The molecule has 0 saturated carbocycles. The SMILES string of the molecule is CCCC[C@@H](C(=O)N1CCC[C@H]1C)[C@@H](O)C(=O)NO. The van der Waals surface area contributed by atoms with Crippen molar-refractivity contribution in [1.82, 2.24) is 10.4 Å². The minimum Gasteiger partial charge on any atom is -0.382 e. The number of aliphatic hydroxyl groups excluding tert-OH is 1. The molecule has 2 amide bonds. The standard InChI is InChI=1S/C13H24N2O4/c1-3-4-7-10(11(16)12(17)14-19)13(18)15-8-5-6-9(15)2/h9-11,16,19H,3-8H2,1-2H3,(H,14,17)/t9-,10-,11-/m1/s1. The Morgan fingerprint density at radius 1 is 1.47 bits per heavy atom. The van der Waals surface area contributed by atoms with Crippen molar-refractivity contribution in [2.24, 2.45) is 5.92 Å². The number of hydrogen-bond donors (Lipinski definition) is 3. The van der Waals surface area contributed by atoms with Crippen molar-refractivity contribution < 1.29 is 19.9 Å². The van der Waals surface area contributed by atoms with Crippen molar-refractivity contribution in [1.29, 1.82) is 0 Å². The molecular formula is C13H24N2O4. The van der Waals surface area contributed by atoms with Gasteiger partial charge in [0.05, 0.1) is 5.92 Å². The van der Waals surface area contributed by atoms with E-state index in [2.05, 4.69) is 0 Å². The Labute approximate surface area is 113 Å².